The van der Waals surface area contributed by atoms with Crippen LogP contribution in [0.1, 0.15) is 15.9 Å². The quantitative estimate of drug-likeness (QED) is 0.612. The summed E-state index contributed by atoms with van der Waals surface area (Å²) in [5.74, 6) is -1.13. The van der Waals surface area contributed by atoms with Crippen molar-refractivity contribution < 1.29 is 15.0 Å². The average Bonchev–Trinajstić information content (AvgIpc) is 2.33. The van der Waals surface area contributed by atoms with Crippen molar-refractivity contribution in [2.45, 2.75) is 6.92 Å². The Balaban J connectivity index is 2.30. The number of pyridine rings is 1. The molecule has 1 amide bonds. The Labute approximate surface area is 108 Å². The highest BCUT2D eigenvalue weighted by Gasteiger charge is 2.13. The number of phenols is 1. The number of carbonyl (C=O) groups excluding carboxylic acids is 1. The van der Waals surface area contributed by atoms with Crippen molar-refractivity contribution in [1.82, 2.24) is 4.98 Å². The Morgan fingerprint density at radius 3 is 2.63 bits per heavy atom. The predicted molar refractivity (Wildman–Crippen MR) is 69.5 cm³/mol. The molecular weight excluding hydrogens is 248 g/mol. The van der Waals surface area contributed by atoms with E-state index in [4.69, 9.17) is 0 Å². The van der Waals surface area contributed by atoms with Gasteiger partial charge in [0.15, 0.2) is 0 Å². The van der Waals surface area contributed by atoms with Crippen LogP contribution >= 0.6 is 0 Å². The molecule has 1 aromatic carbocycles. The third-order valence-electron chi connectivity index (χ3n) is 2.55. The molecule has 19 heavy (non-hydrogen) atoms. The van der Waals surface area contributed by atoms with E-state index in [1.54, 1.807) is 12.1 Å². The maximum absolute atomic E-state index is 11.9. The van der Waals surface area contributed by atoms with Crippen molar-refractivity contribution in [3.63, 3.8) is 0 Å². The molecule has 0 bridgehead atoms. The fraction of sp³-hybridized carbons (Fsp3) is 0.0769. The molecule has 0 aliphatic carbocycles. The van der Waals surface area contributed by atoms with Crippen molar-refractivity contribution in [2.24, 2.45) is 0 Å². The summed E-state index contributed by atoms with van der Waals surface area (Å²) < 4.78 is 0. The number of aromatic hydroxyl groups is 2. The van der Waals surface area contributed by atoms with Gasteiger partial charge in [-0.25, -0.2) is 0 Å². The smallest absolute Gasteiger partial charge is 0.261 e. The molecule has 6 heteroatoms. The maximum Gasteiger partial charge on any atom is 0.261 e. The summed E-state index contributed by atoms with van der Waals surface area (Å²) in [6.45, 7) is 1.81. The number of phenolic OH excluding ortho intramolecular Hbond substituents is 1. The molecule has 98 valence electrons. The third-order valence-corrected chi connectivity index (χ3v) is 2.55. The minimum Gasteiger partial charge on any atom is -0.507 e. The van der Waals surface area contributed by atoms with Crippen LogP contribution in [0.5, 0.6) is 11.5 Å². The van der Waals surface area contributed by atoms with Gasteiger partial charge in [-0.3, -0.25) is 9.59 Å². The van der Waals surface area contributed by atoms with Gasteiger partial charge in [0.05, 0.1) is 11.3 Å². The second-order valence-corrected chi connectivity index (χ2v) is 4.07. The summed E-state index contributed by atoms with van der Waals surface area (Å²) in [4.78, 5) is 25.1. The Kier molecular flexibility index (Phi) is 3.24. The van der Waals surface area contributed by atoms with Crippen LogP contribution in [0.4, 0.5) is 5.69 Å². The second kappa shape index (κ2) is 4.85. The van der Waals surface area contributed by atoms with Crippen LogP contribution in [0.15, 0.2) is 35.3 Å². The van der Waals surface area contributed by atoms with Crippen LogP contribution in [-0.2, 0) is 0 Å². The predicted octanol–water partition coefficient (Wildman–Crippen LogP) is 1.35. The molecule has 0 fully saturated rings. The zero-order valence-electron chi connectivity index (χ0n) is 10.1. The van der Waals surface area contributed by atoms with E-state index < -0.39 is 17.2 Å². The first-order valence-electron chi connectivity index (χ1n) is 5.50. The van der Waals surface area contributed by atoms with Gasteiger partial charge >= 0.3 is 0 Å². The molecule has 1 aromatic heterocycles. The molecule has 4 N–H and O–H groups in total. The van der Waals surface area contributed by atoms with E-state index in [1.165, 1.54) is 6.07 Å². The van der Waals surface area contributed by atoms with Crippen LogP contribution in [0.25, 0.3) is 0 Å². The number of anilines is 1. The summed E-state index contributed by atoms with van der Waals surface area (Å²) >= 11 is 0. The van der Waals surface area contributed by atoms with Crippen molar-refractivity contribution in [1.29, 1.82) is 0 Å². The molecule has 6 nitrogen and oxygen atoms in total. The maximum atomic E-state index is 11.9. The summed E-state index contributed by atoms with van der Waals surface area (Å²) in [6, 6.07) is 5.65. The monoisotopic (exact) mass is 260 g/mol. The van der Waals surface area contributed by atoms with Gasteiger partial charge in [-0.1, -0.05) is 6.07 Å². The third kappa shape index (κ3) is 2.74. The summed E-state index contributed by atoms with van der Waals surface area (Å²) in [7, 11) is 0. The summed E-state index contributed by atoms with van der Waals surface area (Å²) in [5.41, 5.74) is 0.502. The standard InChI is InChI=1S/C13H12N2O4/c1-7-2-3-10(16)9(4-7)15-13(19)8-6-14-12(18)5-11(8)17/h2-6,16H,1H3,(H,15,19)(H2,14,17,18). The molecule has 2 rings (SSSR count). The number of rotatable bonds is 2. The molecule has 0 spiro atoms. The largest absolute Gasteiger partial charge is 0.507 e. The van der Waals surface area contributed by atoms with Crippen molar-refractivity contribution >= 4 is 11.6 Å². The lowest BCUT2D eigenvalue weighted by atomic mass is 10.2. The van der Waals surface area contributed by atoms with Crippen molar-refractivity contribution in [3.8, 4) is 11.5 Å². The average molecular weight is 260 g/mol. The number of aromatic amines is 1. The van der Waals surface area contributed by atoms with E-state index in [0.717, 1.165) is 17.8 Å². The molecule has 0 aliphatic heterocycles. The lowest BCUT2D eigenvalue weighted by Gasteiger charge is -2.08. The molecule has 0 aliphatic rings. The first-order valence-corrected chi connectivity index (χ1v) is 5.50. The Morgan fingerprint density at radius 1 is 1.21 bits per heavy atom. The van der Waals surface area contributed by atoms with Gasteiger partial charge in [0, 0.05) is 12.3 Å². The van der Waals surface area contributed by atoms with Crippen LogP contribution in [0, 0.1) is 6.92 Å². The molecule has 0 radical (unpaired) electrons. The van der Waals surface area contributed by atoms with Crippen LogP contribution in [0.3, 0.4) is 0 Å². The van der Waals surface area contributed by atoms with Gasteiger partial charge in [-0.15, -0.1) is 0 Å². The lowest BCUT2D eigenvalue weighted by molar-refractivity contribution is 0.102. The van der Waals surface area contributed by atoms with Crippen molar-refractivity contribution in [2.75, 3.05) is 5.32 Å². The molecule has 0 saturated heterocycles. The Hall–Kier alpha value is -2.76. The fourth-order valence-electron chi connectivity index (χ4n) is 1.58. The molecule has 2 aromatic rings. The number of hydrogen-bond donors (Lipinski definition) is 4. The lowest BCUT2D eigenvalue weighted by Crippen LogP contribution is -2.15. The molecule has 0 atom stereocenters. The number of H-pyrrole nitrogens is 1. The van der Waals surface area contributed by atoms with E-state index in [9.17, 15) is 19.8 Å². The van der Waals surface area contributed by atoms with Gasteiger partial charge in [-0.2, -0.15) is 0 Å². The number of benzene rings is 1. The van der Waals surface area contributed by atoms with E-state index in [-0.39, 0.29) is 17.0 Å². The summed E-state index contributed by atoms with van der Waals surface area (Å²) in [5, 5.41) is 21.6. The molecule has 0 unspecified atom stereocenters. The van der Waals surface area contributed by atoms with E-state index in [0.29, 0.717) is 0 Å². The first-order chi connectivity index (χ1) is 8.97. The highest BCUT2D eigenvalue weighted by Crippen LogP contribution is 2.25. The van der Waals surface area contributed by atoms with E-state index >= 15 is 0 Å². The number of hydrogen-bond acceptors (Lipinski definition) is 4. The first kappa shape index (κ1) is 12.7. The van der Waals surface area contributed by atoms with E-state index in [2.05, 4.69) is 10.3 Å². The van der Waals surface area contributed by atoms with Gasteiger partial charge in [0.2, 0.25) is 0 Å². The van der Waals surface area contributed by atoms with E-state index in [1.807, 2.05) is 6.92 Å². The Bertz CT molecular complexity index is 691. The topological polar surface area (TPSA) is 102 Å². The zero-order chi connectivity index (χ0) is 14.0. The Morgan fingerprint density at radius 2 is 1.95 bits per heavy atom. The minimum atomic E-state index is -0.630. The molecule has 1 heterocycles. The van der Waals surface area contributed by atoms with Gasteiger partial charge < -0.3 is 20.5 Å². The summed E-state index contributed by atoms with van der Waals surface area (Å²) in [6.07, 6.45) is 1.11. The molecule has 0 saturated carbocycles. The molecular formula is C13H12N2O4. The van der Waals surface area contributed by atoms with Crippen molar-refractivity contribution in [3.05, 3.63) is 51.9 Å². The normalized spacial score (nSPS) is 10.2. The van der Waals surface area contributed by atoms with Crippen LogP contribution in [-0.4, -0.2) is 21.1 Å². The van der Waals surface area contributed by atoms with Crippen LogP contribution in [0.2, 0.25) is 0 Å². The number of aryl methyl sites for hydroxylation is 1. The highest BCUT2D eigenvalue weighted by molar-refractivity contribution is 6.06. The number of carbonyl (C=O) groups is 1. The van der Waals surface area contributed by atoms with Gasteiger partial charge in [0.25, 0.3) is 11.5 Å². The second-order valence-electron chi connectivity index (χ2n) is 4.07. The zero-order valence-corrected chi connectivity index (χ0v) is 10.1. The fourth-order valence-corrected chi connectivity index (χ4v) is 1.58. The van der Waals surface area contributed by atoms with Gasteiger partial charge in [0.1, 0.15) is 11.5 Å². The number of nitrogens with one attached hydrogen (secondary N) is 2. The highest BCUT2D eigenvalue weighted by atomic mass is 16.3. The van der Waals surface area contributed by atoms with Crippen LogP contribution < -0.4 is 10.9 Å². The number of aromatic nitrogens is 1. The minimum absolute atomic E-state index is 0.0807. The number of amides is 1. The van der Waals surface area contributed by atoms with Gasteiger partial charge in [-0.05, 0) is 24.6 Å². The SMILES string of the molecule is Cc1ccc(O)c(NC(=O)c2c[nH]c(=O)cc2O)c1.